The number of benzene rings is 1. The van der Waals surface area contributed by atoms with E-state index in [1.165, 1.54) is 6.92 Å². The molecule has 0 bridgehead atoms. The molecule has 0 saturated heterocycles. The van der Waals surface area contributed by atoms with Gasteiger partial charge in [-0.1, -0.05) is 12.1 Å². The SMILES string of the molecule is CC(C(=O)O)S(=O)(=O)Cc1ccc(N(CCCl)CCCl)cc1. The van der Waals surface area contributed by atoms with Gasteiger partial charge in [-0.25, -0.2) is 8.42 Å². The van der Waals surface area contributed by atoms with Gasteiger partial charge in [0.2, 0.25) is 0 Å². The first-order valence-corrected chi connectivity index (χ1v) is 9.50. The van der Waals surface area contributed by atoms with Crippen LogP contribution in [0.15, 0.2) is 24.3 Å². The Bertz CT molecular complexity index is 583. The van der Waals surface area contributed by atoms with Crippen molar-refractivity contribution < 1.29 is 18.3 Å². The summed E-state index contributed by atoms with van der Waals surface area (Å²) >= 11 is 11.5. The second-order valence-corrected chi connectivity index (χ2v) is 7.90. The minimum Gasteiger partial charge on any atom is -0.480 e. The Balaban J connectivity index is 2.86. The second-order valence-electron chi connectivity index (χ2n) is 4.82. The highest BCUT2D eigenvalue weighted by molar-refractivity contribution is 7.91. The van der Waals surface area contributed by atoms with E-state index < -0.39 is 21.1 Å². The highest BCUT2D eigenvalue weighted by atomic mass is 35.5. The first-order valence-electron chi connectivity index (χ1n) is 6.72. The Kier molecular flexibility index (Phi) is 7.45. The first-order chi connectivity index (χ1) is 10.3. The number of carbonyl (C=O) groups is 1. The summed E-state index contributed by atoms with van der Waals surface area (Å²) in [7, 11) is -3.72. The van der Waals surface area contributed by atoms with Crippen molar-refractivity contribution in [3.8, 4) is 0 Å². The summed E-state index contributed by atoms with van der Waals surface area (Å²) in [4.78, 5) is 12.8. The highest BCUT2D eigenvalue weighted by Crippen LogP contribution is 2.18. The maximum atomic E-state index is 11.9. The van der Waals surface area contributed by atoms with E-state index in [2.05, 4.69) is 0 Å². The number of rotatable bonds is 9. The van der Waals surface area contributed by atoms with Crippen LogP contribution in [0.25, 0.3) is 0 Å². The second kappa shape index (κ2) is 8.60. The standard InChI is InChI=1S/C14H19Cl2NO4S/c1-11(14(18)19)22(20,21)10-12-2-4-13(5-3-12)17(8-6-15)9-7-16/h2-5,11H,6-10H2,1H3,(H,18,19). The number of carboxylic acids is 1. The van der Waals surface area contributed by atoms with Crippen LogP contribution in [0.4, 0.5) is 5.69 Å². The molecular weight excluding hydrogens is 349 g/mol. The van der Waals surface area contributed by atoms with Crippen LogP contribution >= 0.6 is 23.2 Å². The summed E-state index contributed by atoms with van der Waals surface area (Å²) in [5.74, 6) is -0.718. The van der Waals surface area contributed by atoms with Gasteiger partial charge < -0.3 is 10.0 Å². The third-order valence-corrected chi connectivity index (χ3v) is 5.62. The normalized spacial score (nSPS) is 12.9. The van der Waals surface area contributed by atoms with Gasteiger partial charge in [0.05, 0.1) is 5.75 Å². The number of sulfone groups is 1. The Labute approximate surface area is 140 Å². The van der Waals surface area contributed by atoms with Crippen molar-refractivity contribution in [3.63, 3.8) is 0 Å². The quantitative estimate of drug-likeness (QED) is 0.678. The summed E-state index contributed by atoms with van der Waals surface area (Å²) < 4.78 is 23.9. The molecule has 1 rings (SSSR count). The predicted molar refractivity (Wildman–Crippen MR) is 89.8 cm³/mol. The number of halogens is 2. The van der Waals surface area contributed by atoms with Crippen molar-refractivity contribution in [1.82, 2.24) is 0 Å². The zero-order valence-electron chi connectivity index (χ0n) is 12.2. The molecule has 1 aromatic carbocycles. The Morgan fingerprint density at radius 1 is 1.18 bits per heavy atom. The van der Waals surface area contributed by atoms with E-state index >= 15 is 0 Å². The molecule has 1 unspecified atom stereocenters. The number of anilines is 1. The van der Waals surface area contributed by atoms with Gasteiger partial charge in [-0.15, -0.1) is 23.2 Å². The first kappa shape index (κ1) is 19.1. The van der Waals surface area contributed by atoms with E-state index in [1.807, 2.05) is 4.90 Å². The van der Waals surface area contributed by atoms with Crippen molar-refractivity contribution in [2.75, 3.05) is 29.7 Å². The Morgan fingerprint density at radius 2 is 1.68 bits per heavy atom. The number of carboxylic acid groups (broad SMARTS) is 1. The molecule has 0 aliphatic carbocycles. The van der Waals surface area contributed by atoms with Gasteiger partial charge in [0, 0.05) is 30.5 Å². The van der Waals surface area contributed by atoms with Crippen molar-refractivity contribution in [2.45, 2.75) is 17.9 Å². The predicted octanol–water partition coefficient (Wildman–Crippen LogP) is 2.36. The molecule has 0 aliphatic rings. The summed E-state index contributed by atoms with van der Waals surface area (Å²) in [5.41, 5.74) is 1.45. The third-order valence-electron chi connectivity index (χ3n) is 3.26. The summed E-state index contributed by atoms with van der Waals surface area (Å²) in [6, 6.07) is 6.93. The molecule has 0 radical (unpaired) electrons. The van der Waals surface area contributed by atoms with Gasteiger partial charge in [0.15, 0.2) is 15.1 Å². The van der Waals surface area contributed by atoms with E-state index in [4.69, 9.17) is 28.3 Å². The number of aliphatic carboxylic acids is 1. The maximum absolute atomic E-state index is 11.9. The Morgan fingerprint density at radius 3 is 2.09 bits per heavy atom. The molecule has 0 aliphatic heterocycles. The Hall–Kier alpha value is -0.980. The molecule has 5 nitrogen and oxygen atoms in total. The molecule has 124 valence electrons. The zero-order valence-corrected chi connectivity index (χ0v) is 14.5. The molecule has 0 spiro atoms. The fourth-order valence-corrected chi connectivity index (χ4v) is 3.51. The van der Waals surface area contributed by atoms with Crippen LogP contribution in [0.3, 0.4) is 0 Å². The maximum Gasteiger partial charge on any atom is 0.321 e. The van der Waals surface area contributed by atoms with E-state index in [0.717, 1.165) is 5.69 Å². The van der Waals surface area contributed by atoms with Crippen LogP contribution in [-0.2, 0) is 20.4 Å². The van der Waals surface area contributed by atoms with Gasteiger partial charge in [0.25, 0.3) is 0 Å². The van der Waals surface area contributed by atoms with Crippen LogP contribution in [0.2, 0.25) is 0 Å². The molecule has 1 atom stereocenters. The summed E-state index contributed by atoms with van der Waals surface area (Å²) in [6.45, 7) is 2.46. The summed E-state index contributed by atoms with van der Waals surface area (Å²) in [5, 5.41) is 7.40. The van der Waals surface area contributed by atoms with E-state index in [-0.39, 0.29) is 5.75 Å². The minimum atomic E-state index is -3.72. The molecule has 1 aromatic rings. The van der Waals surface area contributed by atoms with Crippen molar-refractivity contribution in [2.24, 2.45) is 0 Å². The highest BCUT2D eigenvalue weighted by Gasteiger charge is 2.27. The van der Waals surface area contributed by atoms with Crippen LogP contribution in [0, 0.1) is 0 Å². The fourth-order valence-electron chi connectivity index (χ4n) is 1.89. The van der Waals surface area contributed by atoms with E-state index in [9.17, 15) is 13.2 Å². The van der Waals surface area contributed by atoms with Gasteiger partial charge in [0.1, 0.15) is 0 Å². The van der Waals surface area contributed by atoms with E-state index in [1.54, 1.807) is 24.3 Å². The molecule has 0 heterocycles. The lowest BCUT2D eigenvalue weighted by atomic mass is 10.2. The lowest BCUT2D eigenvalue weighted by Crippen LogP contribution is -2.28. The van der Waals surface area contributed by atoms with Gasteiger partial charge in [-0.3, -0.25) is 4.79 Å². The van der Waals surface area contributed by atoms with Crippen LogP contribution in [0.5, 0.6) is 0 Å². The lowest BCUT2D eigenvalue weighted by Gasteiger charge is -2.23. The number of nitrogens with zero attached hydrogens (tertiary/aromatic N) is 1. The van der Waals surface area contributed by atoms with Crippen molar-refractivity contribution >= 4 is 44.7 Å². The molecule has 0 aromatic heterocycles. The lowest BCUT2D eigenvalue weighted by molar-refractivity contribution is -0.136. The average Bonchev–Trinajstić information content (AvgIpc) is 2.46. The smallest absolute Gasteiger partial charge is 0.321 e. The van der Waals surface area contributed by atoms with Gasteiger partial charge in [-0.05, 0) is 24.6 Å². The summed E-state index contributed by atoms with van der Waals surface area (Å²) in [6.07, 6.45) is 0. The van der Waals surface area contributed by atoms with Gasteiger partial charge in [-0.2, -0.15) is 0 Å². The average molecular weight is 368 g/mol. The number of alkyl halides is 2. The topological polar surface area (TPSA) is 74.7 Å². The number of hydrogen-bond donors (Lipinski definition) is 1. The molecule has 0 amide bonds. The minimum absolute atomic E-state index is 0.300. The molecular formula is C14H19Cl2NO4S. The van der Waals surface area contributed by atoms with E-state index in [0.29, 0.717) is 30.4 Å². The number of hydrogen-bond acceptors (Lipinski definition) is 4. The van der Waals surface area contributed by atoms with Crippen LogP contribution in [0.1, 0.15) is 12.5 Å². The van der Waals surface area contributed by atoms with Crippen LogP contribution in [-0.4, -0.2) is 49.6 Å². The largest absolute Gasteiger partial charge is 0.480 e. The van der Waals surface area contributed by atoms with Crippen molar-refractivity contribution in [3.05, 3.63) is 29.8 Å². The monoisotopic (exact) mass is 367 g/mol. The van der Waals surface area contributed by atoms with Crippen LogP contribution < -0.4 is 4.90 Å². The fraction of sp³-hybridized carbons (Fsp3) is 0.500. The van der Waals surface area contributed by atoms with Crippen molar-refractivity contribution in [1.29, 1.82) is 0 Å². The molecule has 22 heavy (non-hydrogen) atoms. The molecule has 0 saturated carbocycles. The molecule has 8 heteroatoms. The third kappa shape index (κ3) is 5.34. The van der Waals surface area contributed by atoms with Gasteiger partial charge >= 0.3 is 5.97 Å². The molecule has 0 fully saturated rings. The molecule has 1 N–H and O–H groups in total. The zero-order chi connectivity index (χ0) is 16.8.